The zero-order chi connectivity index (χ0) is 35.5. The summed E-state index contributed by atoms with van der Waals surface area (Å²) in [6, 6.07) is 3.46. The van der Waals surface area contributed by atoms with Crippen LogP contribution in [0.1, 0.15) is 37.8 Å². The second-order valence-corrected chi connectivity index (χ2v) is 13.6. The van der Waals surface area contributed by atoms with E-state index in [-0.39, 0.29) is 80.2 Å². The van der Waals surface area contributed by atoms with Crippen LogP contribution in [-0.2, 0) is 15.7 Å². The van der Waals surface area contributed by atoms with Crippen LogP contribution in [0, 0.1) is 23.0 Å². The molecular formula is C33H34F5N7O3S. The van der Waals surface area contributed by atoms with Gasteiger partial charge in [-0.2, -0.15) is 28.4 Å². The zero-order valence-electron chi connectivity index (χ0n) is 27.4. The third kappa shape index (κ3) is 5.97. The van der Waals surface area contributed by atoms with Crippen molar-refractivity contribution in [2.45, 2.75) is 57.1 Å². The predicted molar refractivity (Wildman–Crippen MR) is 175 cm³/mol. The summed E-state index contributed by atoms with van der Waals surface area (Å²) in [5.41, 5.74) is 2.60. The largest absolute Gasteiger partial charge is 0.462 e. The number of alkyl halides is 3. The van der Waals surface area contributed by atoms with Crippen LogP contribution in [0.4, 0.5) is 32.8 Å². The van der Waals surface area contributed by atoms with Gasteiger partial charge in [0.2, 0.25) is 5.91 Å². The SMILES string of the molecule is COC1CC(COc2nc(N(C)C3CCN(C(C)=O)C3C)c3cc(C(F)(F)F)c(-c4ccc(F)c5sc(N)c(C#N)c45)c(F)c3n2)N(C)C1. The molecule has 4 unspecified atom stereocenters. The molecule has 0 bridgehead atoms. The van der Waals surface area contributed by atoms with Crippen molar-refractivity contribution < 1.29 is 36.2 Å². The molecule has 2 aliphatic rings. The lowest BCUT2D eigenvalue weighted by atomic mass is 9.92. The number of amides is 1. The van der Waals surface area contributed by atoms with Crippen LogP contribution in [0.3, 0.4) is 0 Å². The molecule has 4 heterocycles. The summed E-state index contributed by atoms with van der Waals surface area (Å²) < 4.78 is 88.1. The second kappa shape index (κ2) is 12.8. The Kier molecular flexibility index (Phi) is 9.05. The van der Waals surface area contributed by atoms with Gasteiger partial charge in [-0.1, -0.05) is 6.07 Å². The molecule has 2 N–H and O–H groups in total. The predicted octanol–water partition coefficient (Wildman–Crippen LogP) is 5.81. The Morgan fingerprint density at radius 1 is 1.27 bits per heavy atom. The molecule has 0 radical (unpaired) electrons. The van der Waals surface area contributed by atoms with E-state index in [1.807, 2.05) is 24.9 Å². The van der Waals surface area contributed by atoms with Crippen LogP contribution in [0.5, 0.6) is 6.01 Å². The number of halogens is 5. The van der Waals surface area contributed by atoms with Gasteiger partial charge in [0.15, 0.2) is 5.82 Å². The van der Waals surface area contributed by atoms with Gasteiger partial charge in [0.05, 0.1) is 28.0 Å². The number of aromatic nitrogens is 2. The minimum absolute atomic E-state index is 0.0190. The normalized spacial score (nSPS) is 21.5. The number of ether oxygens (including phenoxy) is 2. The number of likely N-dealkylation sites (tertiary alicyclic amines) is 2. The molecule has 2 aromatic carbocycles. The highest BCUT2D eigenvalue weighted by molar-refractivity contribution is 7.23. The van der Waals surface area contributed by atoms with Gasteiger partial charge in [0.1, 0.15) is 34.8 Å². The zero-order valence-corrected chi connectivity index (χ0v) is 28.2. The van der Waals surface area contributed by atoms with E-state index >= 15 is 4.39 Å². The number of nitrogens with two attached hydrogens (primary N) is 1. The first-order valence-electron chi connectivity index (χ1n) is 15.5. The number of methoxy groups -OCH3 is 1. The number of nitriles is 1. The molecule has 2 saturated heterocycles. The molecule has 4 atom stereocenters. The Labute approximate surface area is 282 Å². The van der Waals surface area contributed by atoms with E-state index in [1.165, 1.54) is 6.92 Å². The van der Waals surface area contributed by atoms with Gasteiger partial charge in [-0.15, -0.1) is 11.3 Å². The Morgan fingerprint density at radius 2 is 2.00 bits per heavy atom. The number of nitrogens with zero attached hydrogens (tertiary/aromatic N) is 6. The number of carbonyl (C=O) groups excluding carboxylic acids is 1. The molecular weight excluding hydrogens is 669 g/mol. The van der Waals surface area contributed by atoms with Crippen LogP contribution in [0.25, 0.3) is 32.1 Å². The summed E-state index contributed by atoms with van der Waals surface area (Å²) in [5.74, 6) is -2.34. The lowest BCUT2D eigenvalue weighted by Crippen LogP contribution is -2.43. The first kappa shape index (κ1) is 34.5. The number of hydrogen-bond acceptors (Lipinski definition) is 10. The van der Waals surface area contributed by atoms with Gasteiger partial charge in [0.25, 0.3) is 0 Å². The summed E-state index contributed by atoms with van der Waals surface area (Å²) in [7, 11) is 5.14. The quantitative estimate of drug-likeness (QED) is 0.238. The van der Waals surface area contributed by atoms with Gasteiger partial charge in [-0.05, 0) is 44.5 Å². The number of benzene rings is 2. The van der Waals surface area contributed by atoms with Crippen LogP contribution in [0.2, 0.25) is 0 Å². The minimum Gasteiger partial charge on any atom is -0.462 e. The number of rotatable bonds is 7. The standard InChI is InChI=1S/C33H34F5N7O3S/c1-15-24(8-9-45(15)16(2)46)44(4)31-20-11-22(33(36,37)38)26(19-6-7-23(34)29-25(19)21(12-39)30(40)49-29)27(35)28(20)41-32(42-31)48-14-17-10-18(47-5)13-43(17)3/h6-7,11,15,17-18,24H,8-10,13-14,40H2,1-5H3. The van der Waals surface area contributed by atoms with Crippen molar-refractivity contribution in [1.82, 2.24) is 19.8 Å². The van der Waals surface area contributed by atoms with Gasteiger partial charge in [-0.3, -0.25) is 9.69 Å². The lowest BCUT2D eigenvalue weighted by Gasteiger charge is -2.32. The first-order chi connectivity index (χ1) is 23.2. The van der Waals surface area contributed by atoms with E-state index in [0.717, 1.165) is 18.2 Å². The van der Waals surface area contributed by atoms with Gasteiger partial charge < -0.3 is 25.0 Å². The number of nitrogen functional groups attached to an aromatic ring is 1. The molecule has 260 valence electrons. The van der Waals surface area contributed by atoms with E-state index in [1.54, 1.807) is 24.0 Å². The molecule has 6 rings (SSSR count). The number of hydrogen-bond donors (Lipinski definition) is 1. The molecule has 2 aliphatic heterocycles. The Hall–Kier alpha value is -4.33. The van der Waals surface area contributed by atoms with Crippen molar-refractivity contribution in [2.24, 2.45) is 0 Å². The van der Waals surface area contributed by atoms with Crippen molar-refractivity contribution in [3.05, 3.63) is 41.0 Å². The fourth-order valence-corrected chi connectivity index (χ4v) is 8.08. The lowest BCUT2D eigenvalue weighted by molar-refractivity contribution is -0.137. The third-order valence-corrected chi connectivity index (χ3v) is 10.8. The smallest absolute Gasteiger partial charge is 0.417 e. The summed E-state index contributed by atoms with van der Waals surface area (Å²) in [4.78, 5) is 26.4. The molecule has 16 heteroatoms. The minimum atomic E-state index is -5.10. The number of thiophene rings is 1. The highest BCUT2D eigenvalue weighted by atomic mass is 32.1. The number of fused-ring (bicyclic) bond motifs is 2. The summed E-state index contributed by atoms with van der Waals surface area (Å²) in [6.07, 6.45) is -3.99. The molecule has 0 saturated carbocycles. The van der Waals surface area contributed by atoms with Gasteiger partial charge in [-0.25, -0.2) is 8.78 Å². The number of likely N-dealkylation sites (N-methyl/N-ethyl adjacent to an activating group) is 2. The maximum Gasteiger partial charge on any atom is 0.417 e. The molecule has 2 fully saturated rings. The van der Waals surface area contributed by atoms with E-state index in [4.69, 9.17) is 15.2 Å². The molecule has 10 nitrogen and oxygen atoms in total. The van der Waals surface area contributed by atoms with Crippen LogP contribution < -0.4 is 15.4 Å². The Morgan fingerprint density at radius 3 is 2.61 bits per heavy atom. The maximum atomic E-state index is 17.0. The Bertz CT molecular complexity index is 2000. The molecule has 2 aromatic heterocycles. The molecule has 4 aromatic rings. The van der Waals surface area contributed by atoms with E-state index in [9.17, 15) is 27.6 Å². The van der Waals surface area contributed by atoms with Gasteiger partial charge >= 0.3 is 12.2 Å². The van der Waals surface area contributed by atoms with Crippen molar-refractivity contribution in [3.63, 3.8) is 0 Å². The average molecular weight is 704 g/mol. The van der Waals surface area contributed by atoms with Gasteiger partial charge in [0, 0.05) is 62.6 Å². The molecule has 0 spiro atoms. The van der Waals surface area contributed by atoms with Crippen LogP contribution in [-0.4, -0.2) is 90.8 Å². The third-order valence-electron chi connectivity index (χ3n) is 9.73. The number of carbonyl (C=O) groups is 1. The first-order valence-corrected chi connectivity index (χ1v) is 16.4. The summed E-state index contributed by atoms with van der Waals surface area (Å²) >= 11 is 0.691. The molecule has 1 amide bonds. The average Bonchev–Trinajstić information content (AvgIpc) is 3.73. The molecule has 0 aliphatic carbocycles. The van der Waals surface area contributed by atoms with Crippen molar-refractivity contribution >= 4 is 49.1 Å². The van der Waals surface area contributed by atoms with Crippen LogP contribution >= 0.6 is 11.3 Å². The highest BCUT2D eigenvalue weighted by Crippen LogP contribution is 2.48. The Balaban J connectivity index is 1.58. The molecule has 49 heavy (non-hydrogen) atoms. The monoisotopic (exact) mass is 703 g/mol. The van der Waals surface area contributed by atoms with E-state index < -0.39 is 34.5 Å². The second-order valence-electron chi connectivity index (χ2n) is 12.5. The van der Waals surface area contributed by atoms with Crippen LogP contribution in [0.15, 0.2) is 18.2 Å². The number of anilines is 2. The van der Waals surface area contributed by atoms with Crippen molar-refractivity contribution in [3.8, 4) is 23.2 Å². The fourth-order valence-electron chi connectivity index (χ4n) is 7.13. The summed E-state index contributed by atoms with van der Waals surface area (Å²) in [5, 5.41) is 9.23. The summed E-state index contributed by atoms with van der Waals surface area (Å²) in [6.45, 7) is 4.44. The highest BCUT2D eigenvalue weighted by Gasteiger charge is 2.40. The topological polar surface area (TPSA) is 121 Å². The van der Waals surface area contributed by atoms with Crippen molar-refractivity contribution in [2.75, 3.05) is 51.5 Å². The van der Waals surface area contributed by atoms with Crippen molar-refractivity contribution in [1.29, 1.82) is 5.26 Å². The van der Waals surface area contributed by atoms with E-state index in [2.05, 4.69) is 9.97 Å². The maximum absolute atomic E-state index is 17.0. The van der Waals surface area contributed by atoms with E-state index in [0.29, 0.717) is 37.3 Å². The fraction of sp³-hybridized carbons (Fsp3) is 0.455.